The summed E-state index contributed by atoms with van der Waals surface area (Å²) >= 11 is 0. The van der Waals surface area contributed by atoms with Gasteiger partial charge in [0.05, 0.1) is 6.61 Å². The number of likely N-dealkylation sites (N-methyl/N-ethyl adjacent to an activating group) is 1. The van der Waals surface area contributed by atoms with Crippen molar-refractivity contribution in [3.63, 3.8) is 0 Å². The third-order valence-corrected chi connectivity index (χ3v) is 1.85. The molecular weight excluding hydrogens is 168 g/mol. The second kappa shape index (κ2) is 5.94. The molecule has 0 saturated carbocycles. The lowest BCUT2D eigenvalue weighted by atomic mass is 10.0. The Bertz CT molecular complexity index is 162. The van der Waals surface area contributed by atoms with Crippen molar-refractivity contribution in [2.24, 2.45) is 5.73 Å². The average molecular weight is 188 g/mol. The Morgan fingerprint density at radius 3 is 2.54 bits per heavy atom. The minimum absolute atomic E-state index is 0.337. The highest BCUT2D eigenvalue weighted by atomic mass is 16.5. The quantitative estimate of drug-likeness (QED) is 0.563. The molecule has 0 aliphatic rings. The molecule has 78 valence electrons. The highest BCUT2D eigenvalue weighted by molar-refractivity contribution is 5.84. The number of carbonyl (C=O) groups is 1. The van der Waals surface area contributed by atoms with Gasteiger partial charge in [0.2, 0.25) is 5.91 Å². The third kappa shape index (κ3) is 4.24. The Balaban J connectivity index is 4.00. The van der Waals surface area contributed by atoms with E-state index in [4.69, 9.17) is 10.5 Å². The Hall–Kier alpha value is -0.610. The fourth-order valence-electron chi connectivity index (χ4n) is 1.02. The summed E-state index contributed by atoms with van der Waals surface area (Å²) in [4.78, 5) is 11.1. The third-order valence-electron chi connectivity index (χ3n) is 1.85. The van der Waals surface area contributed by atoms with Crippen LogP contribution in [0.4, 0.5) is 0 Å². The number of nitrogens with two attached hydrogens (primary N) is 1. The van der Waals surface area contributed by atoms with Gasteiger partial charge >= 0.3 is 0 Å². The van der Waals surface area contributed by atoms with Crippen molar-refractivity contribution in [1.82, 2.24) is 5.32 Å². The van der Waals surface area contributed by atoms with Crippen molar-refractivity contribution in [1.29, 1.82) is 0 Å². The number of hydrogen-bond acceptors (Lipinski definition) is 3. The Morgan fingerprint density at radius 1 is 1.54 bits per heavy atom. The standard InChI is InChI=1S/C9H20N2O2/c1-4-6-13-7-9(3,8(10)12)11-5-2/h11H,4-7H2,1-3H3,(H2,10,12). The molecular formula is C9H20N2O2. The van der Waals surface area contributed by atoms with E-state index in [0.29, 0.717) is 19.8 Å². The minimum Gasteiger partial charge on any atom is -0.379 e. The van der Waals surface area contributed by atoms with Gasteiger partial charge in [-0.2, -0.15) is 0 Å². The predicted octanol–water partition coefficient (Wildman–Crippen LogP) is 0.267. The van der Waals surface area contributed by atoms with Gasteiger partial charge in [-0.05, 0) is 19.9 Å². The van der Waals surface area contributed by atoms with Gasteiger partial charge in [0, 0.05) is 6.61 Å². The second-order valence-electron chi connectivity index (χ2n) is 3.28. The zero-order chi connectivity index (χ0) is 10.3. The van der Waals surface area contributed by atoms with Gasteiger partial charge in [-0.1, -0.05) is 13.8 Å². The van der Waals surface area contributed by atoms with E-state index in [1.54, 1.807) is 6.92 Å². The van der Waals surface area contributed by atoms with Gasteiger partial charge in [0.1, 0.15) is 5.54 Å². The molecule has 1 atom stereocenters. The van der Waals surface area contributed by atoms with Crippen LogP contribution in [0.1, 0.15) is 27.2 Å². The topological polar surface area (TPSA) is 64.3 Å². The molecule has 0 aromatic carbocycles. The predicted molar refractivity (Wildman–Crippen MR) is 52.4 cm³/mol. The summed E-state index contributed by atoms with van der Waals surface area (Å²) in [6.45, 7) is 7.41. The molecule has 1 unspecified atom stereocenters. The fourth-order valence-corrected chi connectivity index (χ4v) is 1.02. The molecule has 3 N–H and O–H groups in total. The molecule has 0 radical (unpaired) electrons. The fraction of sp³-hybridized carbons (Fsp3) is 0.889. The lowest BCUT2D eigenvalue weighted by Gasteiger charge is -2.26. The molecule has 0 aliphatic heterocycles. The average Bonchev–Trinajstić information content (AvgIpc) is 2.05. The summed E-state index contributed by atoms with van der Waals surface area (Å²) in [6.07, 6.45) is 0.945. The van der Waals surface area contributed by atoms with Crippen molar-refractivity contribution < 1.29 is 9.53 Å². The molecule has 0 spiro atoms. The molecule has 0 aromatic rings. The van der Waals surface area contributed by atoms with Crippen molar-refractivity contribution >= 4 is 5.91 Å². The number of rotatable bonds is 7. The Kier molecular flexibility index (Phi) is 5.66. The largest absolute Gasteiger partial charge is 0.379 e. The Labute approximate surface area is 79.8 Å². The van der Waals surface area contributed by atoms with E-state index in [9.17, 15) is 4.79 Å². The normalized spacial score (nSPS) is 15.3. The lowest BCUT2D eigenvalue weighted by Crippen LogP contribution is -2.56. The smallest absolute Gasteiger partial charge is 0.239 e. The van der Waals surface area contributed by atoms with Gasteiger partial charge in [-0.3, -0.25) is 4.79 Å². The monoisotopic (exact) mass is 188 g/mol. The SMILES string of the molecule is CCCOCC(C)(NCC)C(N)=O. The first-order chi connectivity index (χ1) is 6.06. The summed E-state index contributed by atoms with van der Waals surface area (Å²) in [6, 6.07) is 0. The van der Waals surface area contributed by atoms with E-state index in [2.05, 4.69) is 5.32 Å². The van der Waals surface area contributed by atoms with E-state index in [1.807, 2.05) is 13.8 Å². The highest BCUT2D eigenvalue weighted by Gasteiger charge is 2.29. The van der Waals surface area contributed by atoms with Crippen molar-refractivity contribution in [3.8, 4) is 0 Å². The lowest BCUT2D eigenvalue weighted by molar-refractivity contribution is -0.126. The molecule has 0 saturated heterocycles. The van der Waals surface area contributed by atoms with Crippen LogP contribution in [0.25, 0.3) is 0 Å². The molecule has 0 bridgehead atoms. The van der Waals surface area contributed by atoms with Crippen molar-refractivity contribution in [2.45, 2.75) is 32.7 Å². The van der Waals surface area contributed by atoms with Crippen LogP contribution in [0.3, 0.4) is 0 Å². The van der Waals surface area contributed by atoms with Crippen LogP contribution in [0, 0.1) is 0 Å². The van der Waals surface area contributed by atoms with Gasteiger partial charge in [-0.25, -0.2) is 0 Å². The number of nitrogens with one attached hydrogen (secondary N) is 1. The molecule has 0 aliphatic carbocycles. The maximum atomic E-state index is 11.1. The van der Waals surface area contributed by atoms with Crippen molar-refractivity contribution in [2.75, 3.05) is 19.8 Å². The summed E-state index contributed by atoms with van der Waals surface area (Å²) in [5.41, 5.74) is 4.53. The van der Waals surface area contributed by atoms with E-state index in [-0.39, 0.29) is 5.91 Å². The number of carbonyl (C=O) groups excluding carboxylic acids is 1. The molecule has 0 fully saturated rings. The number of primary amides is 1. The van der Waals surface area contributed by atoms with Crippen LogP contribution >= 0.6 is 0 Å². The number of ether oxygens (including phenoxy) is 1. The van der Waals surface area contributed by atoms with E-state index in [0.717, 1.165) is 6.42 Å². The first-order valence-corrected chi connectivity index (χ1v) is 4.69. The van der Waals surface area contributed by atoms with Crippen LogP contribution in [0.5, 0.6) is 0 Å². The molecule has 4 nitrogen and oxygen atoms in total. The van der Waals surface area contributed by atoms with E-state index >= 15 is 0 Å². The molecule has 0 rings (SSSR count). The zero-order valence-corrected chi connectivity index (χ0v) is 8.72. The van der Waals surface area contributed by atoms with Gasteiger partial charge in [0.15, 0.2) is 0 Å². The van der Waals surface area contributed by atoms with Gasteiger partial charge < -0.3 is 15.8 Å². The maximum absolute atomic E-state index is 11.1. The summed E-state index contributed by atoms with van der Waals surface area (Å²) in [5, 5.41) is 3.02. The summed E-state index contributed by atoms with van der Waals surface area (Å²) in [7, 11) is 0. The first kappa shape index (κ1) is 12.4. The molecule has 4 heteroatoms. The summed E-state index contributed by atoms with van der Waals surface area (Å²) in [5.74, 6) is -0.370. The summed E-state index contributed by atoms with van der Waals surface area (Å²) < 4.78 is 5.30. The number of amides is 1. The van der Waals surface area contributed by atoms with Gasteiger partial charge in [0.25, 0.3) is 0 Å². The number of hydrogen-bond donors (Lipinski definition) is 2. The second-order valence-corrected chi connectivity index (χ2v) is 3.28. The maximum Gasteiger partial charge on any atom is 0.239 e. The molecule has 0 heterocycles. The zero-order valence-electron chi connectivity index (χ0n) is 8.72. The minimum atomic E-state index is -0.732. The van der Waals surface area contributed by atoms with E-state index < -0.39 is 5.54 Å². The van der Waals surface area contributed by atoms with Crippen LogP contribution in [-0.2, 0) is 9.53 Å². The van der Waals surface area contributed by atoms with Crippen LogP contribution < -0.4 is 11.1 Å². The Morgan fingerprint density at radius 2 is 2.15 bits per heavy atom. The van der Waals surface area contributed by atoms with Crippen molar-refractivity contribution in [3.05, 3.63) is 0 Å². The first-order valence-electron chi connectivity index (χ1n) is 4.69. The van der Waals surface area contributed by atoms with Crippen LogP contribution in [0.15, 0.2) is 0 Å². The molecule has 13 heavy (non-hydrogen) atoms. The molecule has 0 aromatic heterocycles. The molecule has 1 amide bonds. The van der Waals surface area contributed by atoms with E-state index in [1.165, 1.54) is 0 Å². The highest BCUT2D eigenvalue weighted by Crippen LogP contribution is 2.03. The van der Waals surface area contributed by atoms with Gasteiger partial charge in [-0.15, -0.1) is 0 Å². The van der Waals surface area contributed by atoms with Crippen LogP contribution in [-0.4, -0.2) is 31.2 Å². The van der Waals surface area contributed by atoms with Crippen LogP contribution in [0.2, 0.25) is 0 Å².